The van der Waals surface area contributed by atoms with Crippen LogP contribution in [-0.4, -0.2) is 29.8 Å². The van der Waals surface area contributed by atoms with Crippen molar-refractivity contribution < 1.29 is 49.8 Å². The lowest BCUT2D eigenvalue weighted by molar-refractivity contribution is -0.290. The second-order valence-electron chi connectivity index (χ2n) is 6.63. The van der Waals surface area contributed by atoms with E-state index in [1.165, 1.54) is 0 Å². The average Bonchev–Trinajstić information content (AvgIpc) is 2.58. The number of halogens is 8. The van der Waals surface area contributed by atoms with Gasteiger partial charge >= 0.3 is 24.2 Å². The fourth-order valence-electron chi connectivity index (χ4n) is 3.08. The Balaban J connectivity index is 2.29. The van der Waals surface area contributed by atoms with Crippen molar-refractivity contribution in [3.63, 3.8) is 0 Å². The van der Waals surface area contributed by atoms with Gasteiger partial charge < -0.3 is 9.84 Å². The lowest BCUT2D eigenvalue weighted by atomic mass is 9.78. The van der Waals surface area contributed by atoms with Crippen molar-refractivity contribution in [2.45, 2.75) is 49.9 Å². The van der Waals surface area contributed by atoms with Gasteiger partial charge in [0.15, 0.2) is 6.61 Å². The van der Waals surface area contributed by atoms with E-state index in [2.05, 4.69) is 4.74 Å². The van der Waals surface area contributed by atoms with Crippen LogP contribution in [0, 0.1) is 5.92 Å². The minimum Gasteiger partial charge on any atom is -0.487 e. The van der Waals surface area contributed by atoms with Crippen LogP contribution in [0.2, 0.25) is 0 Å². The van der Waals surface area contributed by atoms with Gasteiger partial charge in [0.25, 0.3) is 0 Å². The SMILES string of the molecule is O=C(O)C1CCC(c2cc(C(F)(F)F)ccc2OCC(F)(F)C(F)(F)F)CC1. The first-order chi connectivity index (χ1) is 12.7. The molecular weight excluding hydrogens is 404 g/mol. The highest BCUT2D eigenvalue weighted by molar-refractivity contribution is 5.70. The maximum Gasteiger partial charge on any atom is 0.456 e. The Hall–Kier alpha value is -2.07. The second kappa shape index (κ2) is 7.75. The van der Waals surface area contributed by atoms with Gasteiger partial charge in [-0.25, -0.2) is 0 Å². The van der Waals surface area contributed by atoms with Gasteiger partial charge in [-0.15, -0.1) is 0 Å². The number of hydrogen-bond donors (Lipinski definition) is 1. The summed E-state index contributed by atoms with van der Waals surface area (Å²) in [6.45, 7) is -2.07. The third-order valence-corrected chi connectivity index (χ3v) is 4.68. The van der Waals surface area contributed by atoms with Crippen molar-refractivity contribution in [3.8, 4) is 5.75 Å². The first-order valence-electron chi connectivity index (χ1n) is 8.23. The molecule has 3 nitrogen and oxygen atoms in total. The van der Waals surface area contributed by atoms with Gasteiger partial charge in [-0.2, -0.15) is 35.1 Å². The molecule has 1 aliphatic rings. The Bertz CT molecular complexity index is 703. The van der Waals surface area contributed by atoms with Crippen LogP contribution >= 0.6 is 0 Å². The zero-order chi connectivity index (χ0) is 21.3. The molecule has 1 N–H and O–H groups in total. The number of aliphatic carboxylic acids is 1. The summed E-state index contributed by atoms with van der Waals surface area (Å²) in [6, 6.07) is 1.91. The smallest absolute Gasteiger partial charge is 0.456 e. The molecular formula is C17H16F8O3. The zero-order valence-electron chi connectivity index (χ0n) is 14.2. The molecule has 0 bridgehead atoms. The molecule has 28 heavy (non-hydrogen) atoms. The van der Waals surface area contributed by atoms with Gasteiger partial charge in [0.1, 0.15) is 5.75 Å². The number of hydrogen-bond acceptors (Lipinski definition) is 2. The van der Waals surface area contributed by atoms with Crippen LogP contribution < -0.4 is 4.74 Å². The van der Waals surface area contributed by atoms with E-state index in [1.807, 2.05) is 0 Å². The van der Waals surface area contributed by atoms with Crippen LogP contribution in [0.1, 0.15) is 42.7 Å². The summed E-state index contributed by atoms with van der Waals surface area (Å²) in [5.41, 5.74) is -1.26. The van der Waals surface area contributed by atoms with Crippen molar-refractivity contribution in [3.05, 3.63) is 29.3 Å². The summed E-state index contributed by atoms with van der Waals surface area (Å²) in [5.74, 6) is -8.05. The van der Waals surface area contributed by atoms with Crippen molar-refractivity contribution in [2.24, 2.45) is 5.92 Å². The summed E-state index contributed by atoms with van der Waals surface area (Å²) < 4.78 is 107. The normalized spacial score (nSPS) is 21.4. The quantitative estimate of drug-likeness (QED) is 0.628. The predicted molar refractivity (Wildman–Crippen MR) is 80.3 cm³/mol. The lowest BCUT2D eigenvalue weighted by Crippen LogP contribution is -2.41. The van der Waals surface area contributed by atoms with E-state index in [0.29, 0.717) is 18.2 Å². The summed E-state index contributed by atoms with van der Waals surface area (Å²) in [6.07, 6.45) is -10.0. The molecule has 1 aliphatic carbocycles. The standard InChI is InChI=1S/C17H16F8O3/c18-15(19,17(23,24)25)8-28-13-6-5-11(16(20,21)22)7-12(13)9-1-3-10(4-2-9)14(26)27/h5-7,9-10H,1-4,8H2,(H,26,27). The molecule has 0 atom stereocenters. The minimum absolute atomic E-state index is 0.143. The van der Waals surface area contributed by atoms with E-state index in [9.17, 15) is 39.9 Å². The lowest BCUT2D eigenvalue weighted by Gasteiger charge is -2.29. The van der Waals surface area contributed by atoms with Gasteiger partial charge in [-0.05, 0) is 55.4 Å². The fourth-order valence-corrected chi connectivity index (χ4v) is 3.08. The van der Waals surface area contributed by atoms with E-state index in [-0.39, 0.29) is 31.2 Å². The molecule has 0 aliphatic heterocycles. The molecule has 1 fully saturated rings. The summed E-state index contributed by atoms with van der Waals surface area (Å²) in [4.78, 5) is 11.0. The molecule has 1 saturated carbocycles. The molecule has 11 heteroatoms. The van der Waals surface area contributed by atoms with Gasteiger partial charge in [0.05, 0.1) is 11.5 Å². The first kappa shape index (κ1) is 22.2. The van der Waals surface area contributed by atoms with E-state index >= 15 is 0 Å². The largest absolute Gasteiger partial charge is 0.487 e. The van der Waals surface area contributed by atoms with Gasteiger partial charge in [-0.1, -0.05) is 0 Å². The Kier molecular flexibility index (Phi) is 6.15. The molecule has 0 unspecified atom stereocenters. The molecule has 2 rings (SSSR count). The highest BCUT2D eigenvalue weighted by atomic mass is 19.4. The molecule has 0 aromatic heterocycles. The molecule has 1 aromatic carbocycles. The van der Waals surface area contributed by atoms with Crippen LogP contribution in [0.5, 0.6) is 5.75 Å². The molecule has 0 amide bonds. The number of alkyl halides is 8. The van der Waals surface area contributed by atoms with Crippen LogP contribution in [0.3, 0.4) is 0 Å². The summed E-state index contributed by atoms with van der Waals surface area (Å²) >= 11 is 0. The predicted octanol–water partition coefficient (Wildman–Crippen LogP) is 5.64. The minimum atomic E-state index is -5.86. The van der Waals surface area contributed by atoms with Crippen molar-refractivity contribution in [1.29, 1.82) is 0 Å². The molecule has 0 radical (unpaired) electrons. The van der Waals surface area contributed by atoms with Crippen LogP contribution in [0.15, 0.2) is 18.2 Å². The van der Waals surface area contributed by atoms with E-state index in [0.717, 1.165) is 0 Å². The second-order valence-corrected chi connectivity index (χ2v) is 6.63. The van der Waals surface area contributed by atoms with Crippen LogP contribution in [-0.2, 0) is 11.0 Å². The number of carboxylic acid groups (broad SMARTS) is 1. The summed E-state index contributed by atoms with van der Waals surface area (Å²) in [7, 11) is 0. The van der Waals surface area contributed by atoms with Crippen LogP contribution in [0.4, 0.5) is 35.1 Å². The molecule has 158 valence electrons. The van der Waals surface area contributed by atoms with Gasteiger partial charge in [-0.3, -0.25) is 4.79 Å². The third kappa shape index (κ3) is 5.05. The summed E-state index contributed by atoms with van der Waals surface area (Å²) in [5, 5.41) is 8.99. The van der Waals surface area contributed by atoms with Crippen molar-refractivity contribution in [1.82, 2.24) is 0 Å². The highest BCUT2D eigenvalue weighted by Gasteiger charge is 2.58. The highest BCUT2D eigenvalue weighted by Crippen LogP contribution is 2.43. The topological polar surface area (TPSA) is 46.5 Å². The van der Waals surface area contributed by atoms with E-state index in [1.54, 1.807) is 0 Å². The Labute approximate surface area is 154 Å². The Morgan fingerprint density at radius 2 is 1.57 bits per heavy atom. The molecule has 0 spiro atoms. The Morgan fingerprint density at radius 1 is 1.00 bits per heavy atom. The van der Waals surface area contributed by atoms with Gasteiger partial charge in [0, 0.05) is 0 Å². The molecule has 1 aromatic rings. The zero-order valence-corrected chi connectivity index (χ0v) is 14.2. The number of benzene rings is 1. The fraction of sp³-hybridized carbons (Fsp3) is 0.588. The van der Waals surface area contributed by atoms with E-state index in [4.69, 9.17) is 5.11 Å². The third-order valence-electron chi connectivity index (χ3n) is 4.68. The number of carboxylic acids is 1. The molecule has 0 saturated heterocycles. The monoisotopic (exact) mass is 420 g/mol. The molecule has 0 heterocycles. The maximum atomic E-state index is 13.1. The first-order valence-corrected chi connectivity index (χ1v) is 8.23. The van der Waals surface area contributed by atoms with Crippen LogP contribution in [0.25, 0.3) is 0 Å². The van der Waals surface area contributed by atoms with Gasteiger partial charge in [0.2, 0.25) is 0 Å². The van der Waals surface area contributed by atoms with Crippen molar-refractivity contribution in [2.75, 3.05) is 6.61 Å². The van der Waals surface area contributed by atoms with E-state index < -0.39 is 54.0 Å². The maximum absolute atomic E-state index is 13.1. The number of ether oxygens (including phenoxy) is 1. The van der Waals surface area contributed by atoms with Crippen molar-refractivity contribution >= 4 is 5.97 Å². The average molecular weight is 420 g/mol. The Morgan fingerprint density at radius 3 is 2.04 bits per heavy atom. The number of rotatable bonds is 5. The number of carbonyl (C=O) groups is 1.